The van der Waals surface area contributed by atoms with Gasteiger partial charge in [-0.3, -0.25) is 0 Å². The fraction of sp³-hybridized carbons (Fsp3) is 0.500. The Labute approximate surface area is 96.8 Å². The summed E-state index contributed by atoms with van der Waals surface area (Å²) < 4.78 is 51.5. The highest BCUT2D eigenvalue weighted by Crippen LogP contribution is 2.33. The summed E-state index contributed by atoms with van der Waals surface area (Å²) in [4.78, 5) is 0. The average Bonchev–Trinajstić information content (AvgIpc) is 2.64. The molecule has 0 spiro atoms. The second kappa shape index (κ2) is 4.64. The first-order valence-electron chi connectivity index (χ1n) is 5.48. The lowest BCUT2D eigenvalue weighted by Crippen LogP contribution is -2.18. The Morgan fingerprint density at radius 1 is 1.18 bits per heavy atom. The van der Waals surface area contributed by atoms with Crippen LogP contribution in [0.15, 0.2) is 24.3 Å². The Hall–Kier alpha value is -1.10. The molecule has 1 heterocycles. The second-order valence-corrected chi connectivity index (χ2v) is 4.29. The van der Waals surface area contributed by atoms with E-state index >= 15 is 0 Å². The third kappa shape index (κ3) is 2.77. The van der Waals surface area contributed by atoms with E-state index in [-0.39, 0.29) is 24.4 Å². The van der Waals surface area contributed by atoms with Gasteiger partial charge in [-0.15, -0.1) is 0 Å². The zero-order valence-corrected chi connectivity index (χ0v) is 9.10. The van der Waals surface area contributed by atoms with Crippen molar-refractivity contribution in [1.29, 1.82) is 0 Å². The normalized spacial score (nSPS) is 25.2. The summed E-state index contributed by atoms with van der Waals surface area (Å²) in [5.41, 5.74) is -0.476. The molecular formula is C12H13F4N. The molecule has 1 aromatic rings. The highest BCUT2D eigenvalue weighted by Gasteiger charge is 2.35. The van der Waals surface area contributed by atoms with Gasteiger partial charge >= 0.3 is 6.18 Å². The van der Waals surface area contributed by atoms with Crippen LogP contribution in [-0.4, -0.2) is 19.3 Å². The lowest BCUT2D eigenvalue weighted by Gasteiger charge is -2.16. The molecule has 1 aliphatic heterocycles. The molecule has 2 rings (SSSR count). The summed E-state index contributed by atoms with van der Waals surface area (Å²) in [5, 5.41) is 2.84. The molecule has 2 atom stereocenters. The van der Waals surface area contributed by atoms with E-state index in [0.29, 0.717) is 6.54 Å². The standard InChI is InChI=1S/C12H13F4N/c13-11-7-17-6-9(11)5-8-3-1-2-4-10(8)12(14,15)16/h1-4,9,11,17H,5-7H2. The highest BCUT2D eigenvalue weighted by atomic mass is 19.4. The maximum Gasteiger partial charge on any atom is 0.416 e. The zero-order chi connectivity index (χ0) is 12.5. The van der Waals surface area contributed by atoms with Gasteiger partial charge in [0.2, 0.25) is 0 Å². The minimum atomic E-state index is -4.37. The van der Waals surface area contributed by atoms with Crippen LogP contribution in [0.2, 0.25) is 0 Å². The van der Waals surface area contributed by atoms with Gasteiger partial charge in [-0.05, 0) is 18.1 Å². The van der Waals surface area contributed by atoms with Crippen LogP contribution in [0.1, 0.15) is 11.1 Å². The van der Waals surface area contributed by atoms with Gasteiger partial charge in [0.25, 0.3) is 0 Å². The molecule has 0 radical (unpaired) electrons. The third-order valence-corrected chi connectivity index (χ3v) is 3.06. The van der Waals surface area contributed by atoms with E-state index in [0.717, 1.165) is 6.07 Å². The van der Waals surface area contributed by atoms with Crippen LogP contribution in [-0.2, 0) is 12.6 Å². The van der Waals surface area contributed by atoms with Crippen LogP contribution >= 0.6 is 0 Å². The predicted octanol–water partition coefficient (Wildman–Crippen LogP) is 2.81. The lowest BCUT2D eigenvalue weighted by molar-refractivity contribution is -0.138. The molecule has 94 valence electrons. The van der Waals surface area contributed by atoms with Crippen LogP contribution < -0.4 is 5.32 Å². The number of hydrogen-bond donors (Lipinski definition) is 1. The van der Waals surface area contributed by atoms with E-state index in [4.69, 9.17) is 0 Å². The number of benzene rings is 1. The van der Waals surface area contributed by atoms with Crippen LogP contribution in [0, 0.1) is 5.92 Å². The molecule has 0 saturated carbocycles. The third-order valence-electron chi connectivity index (χ3n) is 3.06. The van der Waals surface area contributed by atoms with Gasteiger partial charge in [-0.2, -0.15) is 13.2 Å². The van der Waals surface area contributed by atoms with Crippen molar-refractivity contribution in [3.8, 4) is 0 Å². The topological polar surface area (TPSA) is 12.0 Å². The lowest BCUT2D eigenvalue weighted by atomic mass is 9.94. The van der Waals surface area contributed by atoms with Crippen LogP contribution in [0.4, 0.5) is 17.6 Å². The monoisotopic (exact) mass is 247 g/mol. The molecule has 0 aromatic heterocycles. The molecule has 1 aliphatic rings. The molecule has 1 nitrogen and oxygen atoms in total. The summed E-state index contributed by atoms with van der Waals surface area (Å²) in [6.45, 7) is 0.673. The Bertz CT molecular complexity index is 388. The maximum absolute atomic E-state index is 13.4. The molecule has 17 heavy (non-hydrogen) atoms. The predicted molar refractivity (Wildman–Crippen MR) is 56.4 cm³/mol. The first kappa shape index (κ1) is 12.4. The zero-order valence-electron chi connectivity index (χ0n) is 9.10. The van der Waals surface area contributed by atoms with Crippen molar-refractivity contribution in [2.24, 2.45) is 5.92 Å². The van der Waals surface area contributed by atoms with Crippen molar-refractivity contribution in [1.82, 2.24) is 5.32 Å². The largest absolute Gasteiger partial charge is 0.416 e. The van der Waals surface area contributed by atoms with E-state index in [1.54, 1.807) is 6.07 Å². The van der Waals surface area contributed by atoms with Crippen molar-refractivity contribution < 1.29 is 17.6 Å². The fourth-order valence-electron chi connectivity index (χ4n) is 2.16. The average molecular weight is 247 g/mol. The van der Waals surface area contributed by atoms with E-state index in [1.165, 1.54) is 12.1 Å². The molecule has 1 N–H and O–H groups in total. The molecule has 0 bridgehead atoms. The summed E-state index contributed by atoms with van der Waals surface area (Å²) >= 11 is 0. The molecule has 1 fully saturated rings. The Kier molecular flexibility index (Phi) is 3.38. The number of alkyl halides is 4. The van der Waals surface area contributed by atoms with Gasteiger partial charge in [0.15, 0.2) is 0 Å². The van der Waals surface area contributed by atoms with E-state index in [2.05, 4.69) is 5.32 Å². The fourth-order valence-corrected chi connectivity index (χ4v) is 2.16. The quantitative estimate of drug-likeness (QED) is 0.792. The number of rotatable bonds is 2. The van der Waals surface area contributed by atoms with E-state index in [9.17, 15) is 17.6 Å². The van der Waals surface area contributed by atoms with Crippen LogP contribution in [0.3, 0.4) is 0 Å². The van der Waals surface area contributed by atoms with E-state index in [1.807, 2.05) is 0 Å². The highest BCUT2D eigenvalue weighted by molar-refractivity contribution is 5.30. The number of halogens is 4. The molecule has 1 aromatic carbocycles. The van der Waals surface area contributed by atoms with Gasteiger partial charge in [0, 0.05) is 19.0 Å². The SMILES string of the molecule is FC1CNCC1Cc1ccccc1C(F)(F)F. The van der Waals surface area contributed by atoms with E-state index < -0.39 is 17.9 Å². The van der Waals surface area contributed by atoms with Crippen molar-refractivity contribution in [3.05, 3.63) is 35.4 Å². The first-order chi connectivity index (χ1) is 7.98. The number of nitrogens with one attached hydrogen (secondary N) is 1. The van der Waals surface area contributed by atoms with Gasteiger partial charge in [0.05, 0.1) is 5.56 Å². The Morgan fingerprint density at radius 3 is 2.47 bits per heavy atom. The minimum absolute atomic E-state index is 0.129. The van der Waals surface area contributed by atoms with Crippen molar-refractivity contribution >= 4 is 0 Å². The van der Waals surface area contributed by atoms with Crippen LogP contribution in [0.25, 0.3) is 0 Å². The van der Waals surface area contributed by atoms with Crippen molar-refractivity contribution in [3.63, 3.8) is 0 Å². The van der Waals surface area contributed by atoms with Crippen molar-refractivity contribution in [2.45, 2.75) is 18.8 Å². The van der Waals surface area contributed by atoms with Gasteiger partial charge in [0.1, 0.15) is 6.17 Å². The first-order valence-corrected chi connectivity index (χ1v) is 5.48. The smallest absolute Gasteiger partial charge is 0.313 e. The summed E-state index contributed by atoms with van der Waals surface area (Å²) in [7, 11) is 0. The van der Waals surface area contributed by atoms with Gasteiger partial charge in [-0.1, -0.05) is 18.2 Å². The molecule has 1 saturated heterocycles. The summed E-state index contributed by atoms with van der Waals surface area (Å²) in [6.07, 6.45) is -5.30. The second-order valence-electron chi connectivity index (χ2n) is 4.29. The van der Waals surface area contributed by atoms with Crippen molar-refractivity contribution in [2.75, 3.05) is 13.1 Å². The Morgan fingerprint density at radius 2 is 1.88 bits per heavy atom. The summed E-state index contributed by atoms with van der Waals surface area (Å²) in [5.74, 6) is -0.362. The Balaban J connectivity index is 2.21. The van der Waals surface area contributed by atoms with Crippen LogP contribution in [0.5, 0.6) is 0 Å². The molecule has 0 amide bonds. The van der Waals surface area contributed by atoms with Gasteiger partial charge < -0.3 is 5.32 Å². The molecule has 5 heteroatoms. The minimum Gasteiger partial charge on any atom is -0.313 e. The summed E-state index contributed by atoms with van der Waals surface area (Å²) in [6, 6.07) is 5.38. The molecule has 0 aliphatic carbocycles. The number of hydrogen-bond acceptors (Lipinski definition) is 1. The van der Waals surface area contributed by atoms with Gasteiger partial charge in [-0.25, -0.2) is 4.39 Å². The molecular weight excluding hydrogens is 234 g/mol. The maximum atomic E-state index is 13.4. The molecule has 2 unspecified atom stereocenters.